The van der Waals surface area contributed by atoms with E-state index in [-0.39, 0.29) is 12.5 Å². The Hall–Kier alpha value is -3.87. The SMILES string of the molecule is CCC(=O)Nc1ccc(C(=O)NNC(=O)COc2cccc3ccccc23)cc1. The van der Waals surface area contributed by atoms with Crippen molar-refractivity contribution in [1.29, 1.82) is 0 Å². The van der Waals surface area contributed by atoms with Gasteiger partial charge in [0, 0.05) is 23.1 Å². The van der Waals surface area contributed by atoms with Gasteiger partial charge in [0.15, 0.2) is 6.61 Å². The fourth-order valence-corrected chi connectivity index (χ4v) is 2.65. The molecule has 0 fully saturated rings. The molecule has 3 rings (SSSR count). The first kappa shape index (κ1) is 19.9. The van der Waals surface area contributed by atoms with E-state index in [1.165, 1.54) is 0 Å². The lowest BCUT2D eigenvalue weighted by molar-refractivity contribution is -0.123. The number of carbonyl (C=O) groups excluding carboxylic acids is 3. The van der Waals surface area contributed by atoms with E-state index in [0.717, 1.165) is 10.8 Å². The van der Waals surface area contributed by atoms with Gasteiger partial charge in [-0.3, -0.25) is 25.2 Å². The van der Waals surface area contributed by atoms with Gasteiger partial charge < -0.3 is 10.1 Å². The first-order chi connectivity index (χ1) is 14.1. The molecule has 0 atom stereocenters. The third kappa shape index (κ3) is 5.32. The van der Waals surface area contributed by atoms with Crippen LogP contribution in [-0.2, 0) is 9.59 Å². The quantitative estimate of drug-likeness (QED) is 0.563. The van der Waals surface area contributed by atoms with E-state index in [0.29, 0.717) is 23.4 Å². The Labute approximate surface area is 168 Å². The second kappa shape index (κ2) is 9.36. The predicted octanol–water partition coefficient (Wildman–Crippen LogP) is 3.03. The van der Waals surface area contributed by atoms with Crippen molar-refractivity contribution < 1.29 is 19.1 Å². The number of ether oxygens (including phenoxy) is 1. The lowest BCUT2D eigenvalue weighted by Gasteiger charge is -2.11. The molecule has 0 bridgehead atoms. The Morgan fingerprint density at radius 3 is 2.31 bits per heavy atom. The lowest BCUT2D eigenvalue weighted by Crippen LogP contribution is -2.43. The summed E-state index contributed by atoms with van der Waals surface area (Å²) in [5, 5.41) is 4.61. The first-order valence-corrected chi connectivity index (χ1v) is 9.16. The fourth-order valence-electron chi connectivity index (χ4n) is 2.65. The highest BCUT2D eigenvalue weighted by Crippen LogP contribution is 2.24. The minimum Gasteiger partial charge on any atom is -0.483 e. The first-order valence-electron chi connectivity index (χ1n) is 9.16. The molecule has 0 radical (unpaired) electrons. The molecule has 148 valence electrons. The largest absolute Gasteiger partial charge is 0.483 e. The highest BCUT2D eigenvalue weighted by molar-refractivity contribution is 5.96. The number of anilines is 1. The molecule has 0 spiro atoms. The minimum atomic E-state index is -0.488. The Bertz CT molecular complexity index is 1030. The number of carbonyl (C=O) groups is 3. The molecule has 7 heteroatoms. The van der Waals surface area contributed by atoms with Crippen molar-refractivity contribution in [3.8, 4) is 5.75 Å². The van der Waals surface area contributed by atoms with Gasteiger partial charge in [-0.25, -0.2) is 0 Å². The summed E-state index contributed by atoms with van der Waals surface area (Å²) in [4.78, 5) is 35.5. The zero-order valence-corrected chi connectivity index (χ0v) is 15.9. The molecular formula is C22H21N3O4. The highest BCUT2D eigenvalue weighted by Gasteiger charge is 2.09. The van der Waals surface area contributed by atoms with Crippen LogP contribution in [0.2, 0.25) is 0 Å². The van der Waals surface area contributed by atoms with Crippen LogP contribution in [0.15, 0.2) is 66.7 Å². The van der Waals surface area contributed by atoms with Crippen molar-refractivity contribution in [2.45, 2.75) is 13.3 Å². The molecule has 0 heterocycles. The van der Waals surface area contributed by atoms with Gasteiger partial charge in [0.1, 0.15) is 5.75 Å². The van der Waals surface area contributed by atoms with Crippen LogP contribution in [0.1, 0.15) is 23.7 Å². The Morgan fingerprint density at radius 2 is 1.55 bits per heavy atom. The molecule has 0 saturated carbocycles. The molecule has 3 aromatic carbocycles. The van der Waals surface area contributed by atoms with Crippen LogP contribution in [0.5, 0.6) is 5.75 Å². The molecule has 0 aliphatic carbocycles. The molecule has 3 N–H and O–H groups in total. The molecule has 0 aliphatic heterocycles. The average molecular weight is 391 g/mol. The fraction of sp³-hybridized carbons (Fsp3) is 0.136. The highest BCUT2D eigenvalue weighted by atomic mass is 16.5. The molecule has 0 aromatic heterocycles. The van der Waals surface area contributed by atoms with E-state index in [9.17, 15) is 14.4 Å². The van der Waals surface area contributed by atoms with Crippen LogP contribution in [0.4, 0.5) is 5.69 Å². The van der Waals surface area contributed by atoms with E-state index in [4.69, 9.17) is 4.74 Å². The standard InChI is InChI=1S/C22H21N3O4/c1-2-20(26)23-17-12-10-16(11-13-17)22(28)25-24-21(27)14-29-19-9-5-7-15-6-3-4-8-18(15)19/h3-13H,2,14H2,1H3,(H,23,26)(H,24,27)(H,25,28). The van der Waals surface area contributed by atoms with Crippen molar-refractivity contribution in [2.24, 2.45) is 0 Å². The van der Waals surface area contributed by atoms with Crippen molar-refractivity contribution in [2.75, 3.05) is 11.9 Å². The number of hydrazine groups is 1. The number of hydrogen-bond acceptors (Lipinski definition) is 4. The maximum absolute atomic E-state index is 12.1. The Kier molecular flexibility index (Phi) is 6.42. The van der Waals surface area contributed by atoms with E-state index in [1.54, 1.807) is 37.3 Å². The zero-order valence-electron chi connectivity index (χ0n) is 15.9. The van der Waals surface area contributed by atoms with E-state index >= 15 is 0 Å². The zero-order chi connectivity index (χ0) is 20.6. The smallest absolute Gasteiger partial charge is 0.276 e. The third-order valence-electron chi connectivity index (χ3n) is 4.18. The van der Waals surface area contributed by atoms with E-state index in [2.05, 4.69) is 16.2 Å². The molecule has 7 nitrogen and oxygen atoms in total. The maximum atomic E-state index is 12.1. The summed E-state index contributed by atoms with van der Waals surface area (Å²) in [6, 6.07) is 19.6. The third-order valence-corrected chi connectivity index (χ3v) is 4.18. The minimum absolute atomic E-state index is 0.111. The van der Waals surface area contributed by atoms with Crippen LogP contribution in [0.25, 0.3) is 10.8 Å². The maximum Gasteiger partial charge on any atom is 0.276 e. The second-order valence-corrected chi connectivity index (χ2v) is 6.25. The Morgan fingerprint density at radius 1 is 0.828 bits per heavy atom. The van der Waals surface area contributed by atoms with Gasteiger partial charge in [0.25, 0.3) is 11.8 Å². The summed E-state index contributed by atoms with van der Waals surface area (Å²) in [6.45, 7) is 1.51. The van der Waals surface area contributed by atoms with Crippen molar-refractivity contribution in [3.05, 3.63) is 72.3 Å². The summed E-state index contributed by atoms with van der Waals surface area (Å²) in [5.41, 5.74) is 5.60. The summed E-state index contributed by atoms with van der Waals surface area (Å²) in [5.74, 6) is -0.482. The topological polar surface area (TPSA) is 96.5 Å². The summed E-state index contributed by atoms with van der Waals surface area (Å²) in [6.07, 6.45) is 0.370. The van der Waals surface area contributed by atoms with Crippen LogP contribution in [-0.4, -0.2) is 24.3 Å². The lowest BCUT2D eigenvalue weighted by atomic mass is 10.1. The molecule has 0 unspecified atom stereocenters. The molecule has 0 saturated heterocycles. The van der Waals surface area contributed by atoms with Gasteiger partial charge in [-0.1, -0.05) is 43.3 Å². The predicted molar refractivity (Wildman–Crippen MR) is 110 cm³/mol. The van der Waals surface area contributed by atoms with Crippen LogP contribution in [0.3, 0.4) is 0 Å². The monoisotopic (exact) mass is 391 g/mol. The molecule has 3 aromatic rings. The summed E-state index contributed by atoms with van der Waals surface area (Å²) in [7, 11) is 0. The van der Waals surface area contributed by atoms with Crippen LogP contribution >= 0.6 is 0 Å². The van der Waals surface area contributed by atoms with Crippen molar-refractivity contribution >= 4 is 34.2 Å². The van der Waals surface area contributed by atoms with Gasteiger partial charge in [0.2, 0.25) is 5.91 Å². The number of benzene rings is 3. The van der Waals surface area contributed by atoms with Gasteiger partial charge >= 0.3 is 0 Å². The second-order valence-electron chi connectivity index (χ2n) is 6.25. The summed E-state index contributed by atoms with van der Waals surface area (Å²) >= 11 is 0. The Balaban J connectivity index is 1.50. The van der Waals surface area contributed by atoms with Crippen LogP contribution in [0, 0.1) is 0 Å². The number of hydrogen-bond donors (Lipinski definition) is 3. The molecular weight excluding hydrogens is 370 g/mol. The molecule has 3 amide bonds. The number of nitrogens with one attached hydrogen (secondary N) is 3. The van der Waals surface area contributed by atoms with Gasteiger partial charge in [0.05, 0.1) is 0 Å². The van der Waals surface area contributed by atoms with Gasteiger partial charge in [-0.2, -0.15) is 0 Å². The van der Waals surface area contributed by atoms with Gasteiger partial charge in [-0.15, -0.1) is 0 Å². The van der Waals surface area contributed by atoms with E-state index in [1.807, 2.05) is 36.4 Å². The van der Waals surface area contributed by atoms with Crippen molar-refractivity contribution in [3.63, 3.8) is 0 Å². The number of fused-ring (bicyclic) bond motifs is 1. The van der Waals surface area contributed by atoms with E-state index < -0.39 is 11.8 Å². The summed E-state index contributed by atoms with van der Waals surface area (Å²) < 4.78 is 5.58. The average Bonchev–Trinajstić information content (AvgIpc) is 2.76. The molecule has 29 heavy (non-hydrogen) atoms. The van der Waals surface area contributed by atoms with Gasteiger partial charge in [-0.05, 0) is 35.7 Å². The van der Waals surface area contributed by atoms with Crippen LogP contribution < -0.4 is 20.9 Å². The molecule has 0 aliphatic rings. The number of amides is 3. The normalized spacial score (nSPS) is 10.2. The number of rotatable bonds is 6. The van der Waals surface area contributed by atoms with Crippen molar-refractivity contribution in [1.82, 2.24) is 10.9 Å².